The van der Waals surface area contributed by atoms with Crippen LogP contribution in [-0.2, 0) is 5.88 Å². The van der Waals surface area contributed by atoms with Gasteiger partial charge in [-0.3, -0.25) is 9.78 Å². The number of carbonyl (C=O) groups excluding carboxylic acids is 1. The predicted molar refractivity (Wildman–Crippen MR) is 44.0 cm³/mol. The molecule has 4 heteroatoms. The van der Waals surface area contributed by atoms with Crippen molar-refractivity contribution in [3.8, 4) is 0 Å². The average Bonchev–Trinajstić information content (AvgIpc) is 2.04. The molecule has 0 saturated heterocycles. The Morgan fingerprint density at radius 2 is 2.36 bits per heavy atom. The van der Waals surface area contributed by atoms with Gasteiger partial charge < -0.3 is 0 Å². The second kappa shape index (κ2) is 3.69. The first kappa shape index (κ1) is 8.50. The van der Waals surface area contributed by atoms with E-state index in [0.717, 1.165) is 0 Å². The molecule has 0 aromatic carbocycles. The van der Waals surface area contributed by atoms with Gasteiger partial charge in [0.25, 0.3) is 5.24 Å². The third-order valence-corrected chi connectivity index (χ3v) is 1.69. The minimum Gasteiger partial charge on any atom is -0.276 e. The van der Waals surface area contributed by atoms with E-state index in [1.54, 1.807) is 18.3 Å². The van der Waals surface area contributed by atoms with Crippen LogP contribution in [0.2, 0.25) is 0 Å². The summed E-state index contributed by atoms with van der Waals surface area (Å²) in [6, 6.07) is 3.24. The molecule has 58 valence electrons. The highest BCUT2D eigenvalue weighted by molar-refractivity contribution is 6.67. The summed E-state index contributed by atoms with van der Waals surface area (Å²) in [6.45, 7) is 0. The van der Waals surface area contributed by atoms with Gasteiger partial charge in [0.2, 0.25) is 0 Å². The number of carbonyl (C=O) groups is 1. The number of nitrogens with zero attached hydrogens (tertiary/aromatic N) is 1. The molecule has 11 heavy (non-hydrogen) atoms. The molecule has 0 N–H and O–H groups in total. The second-order valence-corrected chi connectivity index (χ2v) is 2.52. The minimum absolute atomic E-state index is 0.203. The molecule has 0 unspecified atom stereocenters. The van der Waals surface area contributed by atoms with Gasteiger partial charge in [-0.2, -0.15) is 0 Å². The molecule has 0 fully saturated rings. The Bertz CT molecular complexity index is 275. The van der Waals surface area contributed by atoms with E-state index in [2.05, 4.69) is 4.98 Å². The van der Waals surface area contributed by atoms with E-state index in [1.807, 2.05) is 0 Å². The van der Waals surface area contributed by atoms with Crippen molar-refractivity contribution in [1.82, 2.24) is 4.98 Å². The predicted octanol–water partition coefficient (Wildman–Crippen LogP) is 2.20. The third-order valence-electron chi connectivity index (χ3n) is 1.23. The van der Waals surface area contributed by atoms with Crippen molar-refractivity contribution in [2.75, 3.05) is 0 Å². The molecule has 0 atom stereocenters. The van der Waals surface area contributed by atoms with Gasteiger partial charge in [-0.05, 0) is 23.7 Å². The molecule has 1 heterocycles. The molecule has 0 amide bonds. The molecule has 0 aliphatic rings. The Balaban J connectivity index is 3.12. The van der Waals surface area contributed by atoms with E-state index in [0.29, 0.717) is 11.3 Å². The summed E-state index contributed by atoms with van der Waals surface area (Å²) in [7, 11) is 0. The summed E-state index contributed by atoms with van der Waals surface area (Å²) in [5, 5.41) is -0.520. The quantitative estimate of drug-likeness (QED) is 0.528. The van der Waals surface area contributed by atoms with E-state index in [-0.39, 0.29) is 5.88 Å². The van der Waals surface area contributed by atoms with E-state index in [4.69, 9.17) is 23.2 Å². The van der Waals surface area contributed by atoms with Crippen molar-refractivity contribution < 1.29 is 4.79 Å². The zero-order valence-electron chi connectivity index (χ0n) is 5.55. The fraction of sp³-hybridized carbons (Fsp3) is 0.143. The lowest BCUT2D eigenvalue weighted by Crippen LogP contribution is -1.97. The minimum atomic E-state index is -0.520. The smallest absolute Gasteiger partial charge is 0.254 e. The molecule has 1 aromatic rings. The summed E-state index contributed by atoms with van der Waals surface area (Å²) in [4.78, 5) is 14.6. The number of aromatic nitrogens is 1. The molecule has 0 bridgehead atoms. The molecule has 0 aliphatic heterocycles. The van der Waals surface area contributed by atoms with Gasteiger partial charge in [0.05, 0.1) is 17.1 Å². The van der Waals surface area contributed by atoms with Crippen molar-refractivity contribution in [3.63, 3.8) is 0 Å². The maximum atomic E-state index is 10.7. The zero-order valence-corrected chi connectivity index (χ0v) is 7.06. The van der Waals surface area contributed by atoms with Gasteiger partial charge in [-0.25, -0.2) is 0 Å². The summed E-state index contributed by atoms with van der Waals surface area (Å²) in [6.07, 6.45) is 1.57. The van der Waals surface area contributed by atoms with Crippen molar-refractivity contribution >= 4 is 28.4 Å². The van der Waals surface area contributed by atoms with Crippen LogP contribution in [0, 0.1) is 0 Å². The standard InChI is InChI=1S/C7H5Cl2NO/c8-4-6-5(7(9)11)2-1-3-10-6/h1-3H,4H2. The van der Waals surface area contributed by atoms with Gasteiger partial charge in [-0.1, -0.05) is 0 Å². The Labute approximate surface area is 74.1 Å². The van der Waals surface area contributed by atoms with Crippen LogP contribution in [0.3, 0.4) is 0 Å². The largest absolute Gasteiger partial charge is 0.276 e. The fourth-order valence-corrected chi connectivity index (χ4v) is 1.11. The Morgan fingerprint density at radius 1 is 1.64 bits per heavy atom. The lowest BCUT2D eigenvalue weighted by molar-refractivity contribution is 0.108. The first-order valence-corrected chi connectivity index (χ1v) is 3.86. The average molecular weight is 190 g/mol. The van der Waals surface area contributed by atoms with Crippen LogP contribution in [0.4, 0.5) is 0 Å². The van der Waals surface area contributed by atoms with Gasteiger partial charge >= 0.3 is 0 Å². The van der Waals surface area contributed by atoms with Crippen LogP contribution in [0.15, 0.2) is 18.3 Å². The SMILES string of the molecule is O=C(Cl)c1cccnc1CCl. The summed E-state index contributed by atoms with van der Waals surface area (Å²) in [5.41, 5.74) is 0.901. The maximum absolute atomic E-state index is 10.7. The number of alkyl halides is 1. The van der Waals surface area contributed by atoms with Crippen LogP contribution in [0.1, 0.15) is 16.1 Å². The maximum Gasteiger partial charge on any atom is 0.254 e. The zero-order chi connectivity index (χ0) is 8.27. The van der Waals surface area contributed by atoms with Crippen LogP contribution >= 0.6 is 23.2 Å². The molecular weight excluding hydrogens is 185 g/mol. The van der Waals surface area contributed by atoms with Crippen molar-refractivity contribution in [2.45, 2.75) is 5.88 Å². The molecule has 2 nitrogen and oxygen atoms in total. The van der Waals surface area contributed by atoms with Crippen LogP contribution in [0.5, 0.6) is 0 Å². The Hall–Kier alpha value is -0.600. The van der Waals surface area contributed by atoms with E-state index < -0.39 is 5.24 Å². The topological polar surface area (TPSA) is 30.0 Å². The van der Waals surface area contributed by atoms with Gasteiger partial charge in [0.15, 0.2) is 0 Å². The summed E-state index contributed by atoms with van der Waals surface area (Å²) in [5.74, 6) is 0.203. The molecular formula is C7H5Cl2NO. The molecule has 0 aliphatic carbocycles. The highest BCUT2D eigenvalue weighted by atomic mass is 35.5. The van der Waals surface area contributed by atoms with Gasteiger partial charge in [0.1, 0.15) is 0 Å². The van der Waals surface area contributed by atoms with Gasteiger partial charge in [-0.15, -0.1) is 11.6 Å². The number of pyridine rings is 1. The van der Waals surface area contributed by atoms with Crippen molar-refractivity contribution in [2.24, 2.45) is 0 Å². The highest BCUT2D eigenvalue weighted by Gasteiger charge is 2.07. The molecule has 0 saturated carbocycles. The number of rotatable bonds is 2. The van der Waals surface area contributed by atoms with Crippen LogP contribution in [-0.4, -0.2) is 10.2 Å². The van der Waals surface area contributed by atoms with Crippen LogP contribution < -0.4 is 0 Å². The lowest BCUT2D eigenvalue weighted by atomic mass is 10.2. The van der Waals surface area contributed by atoms with Crippen molar-refractivity contribution in [3.05, 3.63) is 29.6 Å². The van der Waals surface area contributed by atoms with Gasteiger partial charge in [0, 0.05) is 6.20 Å². The molecule has 1 rings (SSSR count). The lowest BCUT2D eigenvalue weighted by Gasteiger charge is -1.98. The second-order valence-electron chi connectivity index (χ2n) is 1.90. The third kappa shape index (κ3) is 1.91. The molecule has 0 spiro atoms. The number of halogens is 2. The van der Waals surface area contributed by atoms with E-state index >= 15 is 0 Å². The monoisotopic (exact) mass is 189 g/mol. The first-order valence-electron chi connectivity index (χ1n) is 2.95. The fourth-order valence-electron chi connectivity index (χ4n) is 0.723. The number of hydrogen-bond acceptors (Lipinski definition) is 2. The van der Waals surface area contributed by atoms with Crippen molar-refractivity contribution in [1.29, 1.82) is 0 Å². The summed E-state index contributed by atoms with van der Waals surface area (Å²) >= 11 is 10.8. The van der Waals surface area contributed by atoms with Crippen LogP contribution in [0.25, 0.3) is 0 Å². The Kier molecular flexibility index (Phi) is 2.85. The van der Waals surface area contributed by atoms with E-state index in [1.165, 1.54) is 0 Å². The first-order chi connectivity index (χ1) is 5.25. The molecule has 1 aromatic heterocycles. The van der Waals surface area contributed by atoms with E-state index in [9.17, 15) is 4.79 Å². The highest BCUT2D eigenvalue weighted by Crippen LogP contribution is 2.10. The Morgan fingerprint density at radius 3 is 2.82 bits per heavy atom. The summed E-state index contributed by atoms with van der Waals surface area (Å²) < 4.78 is 0. The molecule has 0 radical (unpaired) electrons. The number of hydrogen-bond donors (Lipinski definition) is 0. The normalized spacial score (nSPS) is 9.64.